The zero-order chi connectivity index (χ0) is 35.1. The van der Waals surface area contributed by atoms with Crippen LogP contribution < -0.4 is 19.5 Å². The molecule has 0 fully saturated rings. The van der Waals surface area contributed by atoms with E-state index >= 15 is 4.39 Å². The molecule has 256 valence electrons. The minimum atomic E-state index is -4.72. The van der Waals surface area contributed by atoms with Gasteiger partial charge in [0.05, 0.1) is 32.5 Å². The van der Waals surface area contributed by atoms with E-state index in [2.05, 4.69) is 31.8 Å². The number of nitrogens with zero attached hydrogens (tertiary/aromatic N) is 4. The molecule has 0 N–H and O–H groups in total. The van der Waals surface area contributed by atoms with Gasteiger partial charge in [-0.05, 0) is 48.2 Å². The van der Waals surface area contributed by atoms with E-state index in [-0.39, 0.29) is 35.4 Å². The van der Waals surface area contributed by atoms with Gasteiger partial charge in [0, 0.05) is 53.5 Å². The number of pyridine rings is 1. The molecule has 0 saturated carbocycles. The highest BCUT2D eigenvalue weighted by atomic mass is 32.2. The van der Waals surface area contributed by atoms with Crippen molar-refractivity contribution in [1.29, 1.82) is 0 Å². The Hall–Kier alpha value is -5.04. The molecule has 2 aromatic heterocycles. The summed E-state index contributed by atoms with van der Waals surface area (Å²) in [6.07, 6.45) is 2.11. The third-order valence-corrected chi connectivity index (χ3v) is 10.3. The van der Waals surface area contributed by atoms with Gasteiger partial charge in [-0.3, -0.25) is 9.56 Å². The molecule has 13 heteroatoms. The molecule has 0 amide bonds. The van der Waals surface area contributed by atoms with E-state index in [1.165, 1.54) is 30.4 Å². The van der Waals surface area contributed by atoms with Crippen LogP contribution in [0.25, 0.3) is 11.1 Å². The monoisotopic (exact) mass is 690 g/mol. The predicted molar refractivity (Wildman–Crippen MR) is 182 cm³/mol. The molecule has 6 rings (SSSR count). The summed E-state index contributed by atoms with van der Waals surface area (Å²) in [6, 6.07) is 15.1. The molecule has 0 bridgehead atoms. The highest BCUT2D eigenvalue weighted by molar-refractivity contribution is 7.92. The maximum absolute atomic E-state index is 16.0. The largest absolute Gasteiger partial charge is 0.497 e. The Bertz CT molecular complexity index is 2240. The minimum Gasteiger partial charge on any atom is -0.497 e. The van der Waals surface area contributed by atoms with Gasteiger partial charge in [0.2, 0.25) is 0 Å². The molecule has 3 aromatic carbocycles. The van der Waals surface area contributed by atoms with E-state index in [1.807, 2.05) is 12.1 Å². The summed E-state index contributed by atoms with van der Waals surface area (Å²) in [6.45, 7) is 6.86. The SMILES string of the molecule is COc1ccc(CN(c2ccc(F)cn2)S(=O)(=O)c2cc3oc(=O)n(CCc4cccc5c4C(C(C)(C)C)=NCC5)c3cc2F)c(OC)c1. The Labute approximate surface area is 282 Å². The molecule has 0 atom stereocenters. The number of fused-ring (bicyclic) bond motifs is 2. The molecule has 49 heavy (non-hydrogen) atoms. The summed E-state index contributed by atoms with van der Waals surface area (Å²) in [5, 5.41) is 0. The first kappa shape index (κ1) is 33.8. The fourth-order valence-electron chi connectivity index (χ4n) is 6.12. The Kier molecular flexibility index (Phi) is 9.05. The van der Waals surface area contributed by atoms with Crippen LogP contribution in [-0.4, -0.2) is 44.4 Å². The second-order valence-electron chi connectivity index (χ2n) is 12.7. The van der Waals surface area contributed by atoms with Crippen molar-refractivity contribution in [3.05, 3.63) is 111 Å². The molecular weight excluding hydrogens is 654 g/mol. The van der Waals surface area contributed by atoms with Gasteiger partial charge in [0.25, 0.3) is 10.0 Å². The van der Waals surface area contributed by atoms with Crippen molar-refractivity contribution in [1.82, 2.24) is 9.55 Å². The first-order valence-corrected chi connectivity index (χ1v) is 17.1. The summed E-state index contributed by atoms with van der Waals surface area (Å²) in [5.41, 5.74) is 4.49. The Morgan fingerprint density at radius 2 is 1.80 bits per heavy atom. The van der Waals surface area contributed by atoms with Gasteiger partial charge in [-0.2, -0.15) is 0 Å². The third kappa shape index (κ3) is 6.54. The van der Waals surface area contributed by atoms with Crippen LogP contribution in [0.15, 0.2) is 86.0 Å². The molecule has 10 nitrogen and oxygen atoms in total. The Balaban J connectivity index is 1.37. The van der Waals surface area contributed by atoms with Crippen molar-refractivity contribution in [2.75, 3.05) is 25.1 Å². The number of aromatic nitrogens is 2. The van der Waals surface area contributed by atoms with Crippen LogP contribution in [0.2, 0.25) is 0 Å². The van der Waals surface area contributed by atoms with Crippen molar-refractivity contribution in [3.8, 4) is 11.5 Å². The fraction of sp³-hybridized carbons (Fsp3) is 0.306. The third-order valence-electron chi connectivity index (χ3n) is 8.51. The van der Waals surface area contributed by atoms with Gasteiger partial charge in [0.15, 0.2) is 5.58 Å². The molecular formula is C36H36F2N4O6S. The van der Waals surface area contributed by atoms with E-state index in [0.29, 0.717) is 30.0 Å². The number of sulfonamides is 1. The van der Waals surface area contributed by atoms with Crippen molar-refractivity contribution in [2.24, 2.45) is 10.4 Å². The van der Waals surface area contributed by atoms with Crippen molar-refractivity contribution in [3.63, 3.8) is 0 Å². The lowest BCUT2D eigenvalue weighted by molar-refractivity contribution is 0.391. The summed E-state index contributed by atoms with van der Waals surface area (Å²) in [5.74, 6) is -1.92. The van der Waals surface area contributed by atoms with Crippen LogP contribution in [0.4, 0.5) is 14.6 Å². The number of halogens is 2. The minimum absolute atomic E-state index is 0.106. The van der Waals surface area contributed by atoms with Crippen molar-refractivity contribution >= 4 is 32.7 Å². The number of aryl methyl sites for hydroxylation is 2. The van der Waals surface area contributed by atoms with E-state index in [0.717, 1.165) is 52.0 Å². The number of ether oxygens (including phenoxy) is 2. The molecule has 5 aromatic rings. The summed E-state index contributed by atoms with van der Waals surface area (Å²) in [4.78, 5) is 21.2. The topological polar surface area (TPSA) is 116 Å². The predicted octanol–water partition coefficient (Wildman–Crippen LogP) is 6.31. The van der Waals surface area contributed by atoms with E-state index in [9.17, 15) is 17.6 Å². The number of rotatable bonds is 10. The average Bonchev–Trinajstić information content (AvgIpc) is 3.38. The fourth-order valence-corrected chi connectivity index (χ4v) is 7.58. The number of hydrogen-bond acceptors (Lipinski definition) is 8. The highest BCUT2D eigenvalue weighted by Gasteiger charge is 2.32. The normalized spacial score (nSPS) is 13.2. The van der Waals surface area contributed by atoms with Crippen LogP contribution in [0.3, 0.4) is 0 Å². The lowest BCUT2D eigenvalue weighted by atomic mass is 9.79. The van der Waals surface area contributed by atoms with Gasteiger partial charge in [-0.15, -0.1) is 0 Å². The average molecular weight is 691 g/mol. The maximum Gasteiger partial charge on any atom is 0.419 e. The standard InChI is InChI=1S/C36H36F2N4O6S/c1-36(2,3)34-33-22(13-15-39-34)7-6-8-23(33)14-16-41-28-18-27(38)31(19-30(28)48-35(41)43)49(44,45)42(32-12-10-25(37)20-40-32)21-24-9-11-26(46-4)17-29(24)47-5/h6-12,17-20H,13-16,21H2,1-5H3. The second kappa shape index (κ2) is 13.1. The number of anilines is 1. The van der Waals surface area contributed by atoms with Crippen molar-refractivity contribution < 1.29 is 31.1 Å². The molecule has 3 heterocycles. The van der Waals surface area contributed by atoms with Crippen LogP contribution in [0, 0.1) is 17.0 Å². The van der Waals surface area contributed by atoms with E-state index in [4.69, 9.17) is 18.9 Å². The number of oxazole rings is 1. The molecule has 1 aliphatic heterocycles. The Morgan fingerprint density at radius 1 is 1.00 bits per heavy atom. The van der Waals surface area contributed by atoms with E-state index < -0.39 is 32.3 Å². The molecule has 0 aliphatic carbocycles. The van der Waals surface area contributed by atoms with Gasteiger partial charge in [-0.1, -0.05) is 39.0 Å². The summed E-state index contributed by atoms with van der Waals surface area (Å²) < 4.78 is 76.6. The summed E-state index contributed by atoms with van der Waals surface area (Å²) >= 11 is 0. The molecule has 0 radical (unpaired) electrons. The van der Waals surface area contributed by atoms with Crippen LogP contribution in [0.5, 0.6) is 11.5 Å². The van der Waals surface area contributed by atoms with Crippen LogP contribution in [-0.2, 0) is 36.0 Å². The quantitative estimate of drug-likeness (QED) is 0.169. The Morgan fingerprint density at radius 3 is 2.49 bits per heavy atom. The lowest BCUT2D eigenvalue weighted by Gasteiger charge is -2.29. The van der Waals surface area contributed by atoms with Gasteiger partial charge >= 0.3 is 5.76 Å². The summed E-state index contributed by atoms with van der Waals surface area (Å²) in [7, 11) is -1.82. The number of benzene rings is 3. The number of aliphatic imine (C=N–C) groups is 1. The van der Waals surface area contributed by atoms with Gasteiger partial charge < -0.3 is 13.9 Å². The number of hydrogen-bond donors (Lipinski definition) is 0. The van der Waals surface area contributed by atoms with E-state index in [1.54, 1.807) is 18.2 Å². The molecule has 0 saturated heterocycles. The van der Waals surface area contributed by atoms with Crippen molar-refractivity contribution in [2.45, 2.75) is 51.6 Å². The van der Waals surface area contributed by atoms with Gasteiger partial charge in [-0.25, -0.2) is 31.3 Å². The lowest BCUT2D eigenvalue weighted by Crippen LogP contribution is -2.32. The van der Waals surface area contributed by atoms with Crippen LogP contribution >= 0.6 is 0 Å². The first-order valence-electron chi connectivity index (χ1n) is 15.7. The molecule has 0 unspecified atom stereocenters. The molecule has 1 aliphatic rings. The first-order chi connectivity index (χ1) is 23.3. The second-order valence-corrected chi connectivity index (χ2v) is 14.6. The zero-order valence-corrected chi connectivity index (χ0v) is 28.6. The number of methoxy groups -OCH3 is 2. The van der Waals surface area contributed by atoms with Gasteiger partial charge in [0.1, 0.15) is 33.8 Å². The smallest absolute Gasteiger partial charge is 0.419 e. The van der Waals surface area contributed by atoms with Crippen LogP contribution in [0.1, 0.15) is 43.0 Å². The maximum atomic E-state index is 16.0. The highest BCUT2D eigenvalue weighted by Crippen LogP contribution is 2.34. The zero-order valence-electron chi connectivity index (χ0n) is 27.8. The molecule has 0 spiro atoms.